The Balaban J connectivity index is 0.00000162. The summed E-state index contributed by atoms with van der Waals surface area (Å²) in [6.07, 6.45) is 0. The van der Waals surface area contributed by atoms with Crippen molar-refractivity contribution in [1.29, 1.82) is 0 Å². The predicted molar refractivity (Wildman–Crippen MR) is 73.0 cm³/mol. The van der Waals surface area contributed by atoms with E-state index in [1.165, 1.54) is 0 Å². The molecule has 0 radical (unpaired) electrons. The lowest BCUT2D eigenvalue weighted by Gasteiger charge is -2.04. The second-order valence-electron chi connectivity index (χ2n) is 3.60. The van der Waals surface area contributed by atoms with Gasteiger partial charge in [0.1, 0.15) is 5.75 Å². The van der Waals surface area contributed by atoms with E-state index in [9.17, 15) is 4.79 Å². The van der Waals surface area contributed by atoms with E-state index in [1.54, 1.807) is 24.3 Å². The Morgan fingerprint density at radius 1 is 1.00 bits per heavy atom. The van der Waals surface area contributed by atoms with Crippen LogP contribution < -0.4 is 10.5 Å². The fourth-order valence-electron chi connectivity index (χ4n) is 1.43. The van der Waals surface area contributed by atoms with E-state index < -0.39 is 0 Å². The average Bonchev–Trinajstić information content (AvgIpc) is 2.40. The zero-order valence-electron chi connectivity index (χ0n) is 9.71. The Bertz CT molecular complexity index is 497. The van der Waals surface area contributed by atoms with Crippen LogP contribution in [0.3, 0.4) is 0 Å². The van der Waals surface area contributed by atoms with Crippen LogP contribution in [0.4, 0.5) is 0 Å². The number of halogens is 1. The van der Waals surface area contributed by atoms with Crippen LogP contribution in [0.2, 0.25) is 0 Å². The molecule has 0 saturated heterocycles. The molecule has 0 aliphatic carbocycles. The number of carbonyl (C=O) groups is 1. The lowest BCUT2D eigenvalue weighted by Crippen LogP contribution is -2.08. The lowest BCUT2D eigenvalue weighted by molar-refractivity contribution is 0.0735. The third-order valence-electron chi connectivity index (χ3n) is 2.38. The number of hydrogen-bond donors (Lipinski definition) is 1. The highest BCUT2D eigenvalue weighted by atomic mass is 35.5. The van der Waals surface area contributed by atoms with Crippen LogP contribution in [-0.2, 0) is 6.54 Å². The van der Waals surface area contributed by atoms with Gasteiger partial charge in [0, 0.05) is 6.54 Å². The molecular formula is C14H14ClNO2. The van der Waals surface area contributed by atoms with E-state index in [2.05, 4.69) is 0 Å². The zero-order valence-corrected chi connectivity index (χ0v) is 10.5. The summed E-state index contributed by atoms with van der Waals surface area (Å²) in [7, 11) is 0. The number of benzene rings is 2. The molecule has 18 heavy (non-hydrogen) atoms. The van der Waals surface area contributed by atoms with Crippen molar-refractivity contribution in [2.75, 3.05) is 0 Å². The smallest absolute Gasteiger partial charge is 0.343 e. The fraction of sp³-hybridized carbons (Fsp3) is 0.0714. The molecule has 2 aromatic carbocycles. The summed E-state index contributed by atoms with van der Waals surface area (Å²) in [6, 6.07) is 16.1. The van der Waals surface area contributed by atoms with Crippen LogP contribution in [-0.4, -0.2) is 5.97 Å². The monoisotopic (exact) mass is 263 g/mol. The molecule has 2 aromatic rings. The van der Waals surface area contributed by atoms with E-state index in [0.717, 1.165) is 5.56 Å². The highest BCUT2D eigenvalue weighted by Crippen LogP contribution is 2.12. The second kappa shape index (κ2) is 6.79. The Kier molecular flexibility index (Phi) is 5.36. The zero-order chi connectivity index (χ0) is 12.1. The van der Waals surface area contributed by atoms with Crippen molar-refractivity contribution >= 4 is 18.4 Å². The van der Waals surface area contributed by atoms with Crippen LogP contribution in [0.1, 0.15) is 15.9 Å². The number of hydrogen-bond acceptors (Lipinski definition) is 3. The lowest BCUT2D eigenvalue weighted by atomic mass is 10.1. The first-order valence-electron chi connectivity index (χ1n) is 5.36. The first-order valence-corrected chi connectivity index (χ1v) is 5.36. The number of nitrogens with two attached hydrogens (primary N) is 1. The van der Waals surface area contributed by atoms with Gasteiger partial charge in [-0.2, -0.15) is 0 Å². The Labute approximate surface area is 112 Å². The van der Waals surface area contributed by atoms with E-state index >= 15 is 0 Å². The van der Waals surface area contributed by atoms with Crippen molar-refractivity contribution in [3.8, 4) is 5.75 Å². The van der Waals surface area contributed by atoms with Gasteiger partial charge in [-0.05, 0) is 29.8 Å². The van der Waals surface area contributed by atoms with Crippen molar-refractivity contribution in [2.45, 2.75) is 6.54 Å². The van der Waals surface area contributed by atoms with Crippen molar-refractivity contribution in [1.82, 2.24) is 0 Å². The molecule has 0 spiro atoms. The van der Waals surface area contributed by atoms with Gasteiger partial charge >= 0.3 is 5.97 Å². The predicted octanol–water partition coefficient (Wildman–Crippen LogP) is 2.79. The molecule has 2 rings (SSSR count). The van der Waals surface area contributed by atoms with Crippen molar-refractivity contribution in [2.24, 2.45) is 5.73 Å². The van der Waals surface area contributed by atoms with Crippen LogP contribution in [0.15, 0.2) is 54.6 Å². The molecule has 0 saturated carbocycles. The number of ether oxygens (including phenoxy) is 1. The minimum atomic E-state index is -0.361. The van der Waals surface area contributed by atoms with Crippen LogP contribution >= 0.6 is 12.4 Å². The van der Waals surface area contributed by atoms with Crippen LogP contribution in [0, 0.1) is 0 Å². The normalized spacial score (nSPS) is 9.39. The van der Waals surface area contributed by atoms with E-state index in [0.29, 0.717) is 17.9 Å². The minimum absolute atomic E-state index is 0. The third-order valence-corrected chi connectivity index (χ3v) is 2.38. The van der Waals surface area contributed by atoms with Crippen molar-refractivity contribution in [3.05, 3.63) is 65.7 Å². The molecule has 0 bridgehead atoms. The standard InChI is InChI=1S/C14H13NO2.ClH/c15-10-11-6-8-12(9-7-11)14(16)17-13-4-2-1-3-5-13;/h1-9H,10,15H2;1H. The highest BCUT2D eigenvalue weighted by Gasteiger charge is 2.07. The summed E-state index contributed by atoms with van der Waals surface area (Å²) in [5.41, 5.74) is 6.99. The molecule has 2 N–H and O–H groups in total. The van der Waals surface area contributed by atoms with Gasteiger partial charge < -0.3 is 10.5 Å². The molecule has 0 unspecified atom stereocenters. The van der Waals surface area contributed by atoms with E-state index in [4.69, 9.17) is 10.5 Å². The van der Waals surface area contributed by atoms with Gasteiger partial charge in [0.05, 0.1) is 5.56 Å². The molecule has 0 aromatic heterocycles. The topological polar surface area (TPSA) is 52.3 Å². The molecule has 0 amide bonds. The summed E-state index contributed by atoms with van der Waals surface area (Å²) in [4.78, 5) is 11.8. The van der Waals surface area contributed by atoms with Crippen LogP contribution in [0.5, 0.6) is 5.75 Å². The fourth-order valence-corrected chi connectivity index (χ4v) is 1.43. The first kappa shape index (κ1) is 14.2. The maximum absolute atomic E-state index is 11.8. The van der Waals surface area contributed by atoms with Gasteiger partial charge in [0.25, 0.3) is 0 Å². The van der Waals surface area contributed by atoms with Crippen molar-refractivity contribution in [3.63, 3.8) is 0 Å². The van der Waals surface area contributed by atoms with Gasteiger partial charge in [-0.25, -0.2) is 4.79 Å². The molecule has 0 aliphatic heterocycles. The summed E-state index contributed by atoms with van der Waals surface area (Å²) in [5, 5.41) is 0. The molecular weight excluding hydrogens is 250 g/mol. The minimum Gasteiger partial charge on any atom is -0.423 e. The molecule has 3 nitrogen and oxygen atoms in total. The Morgan fingerprint density at radius 3 is 2.17 bits per heavy atom. The number of para-hydroxylation sites is 1. The van der Waals surface area contributed by atoms with Crippen molar-refractivity contribution < 1.29 is 9.53 Å². The molecule has 0 fully saturated rings. The van der Waals surface area contributed by atoms with E-state index in [1.807, 2.05) is 30.3 Å². The first-order chi connectivity index (χ1) is 8.29. The van der Waals surface area contributed by atoms with Gasteiger partial charge in [0.2, 0.25) is 0 Å². The van der Waals surface area contributed by atoms with Gasteiger partial charge in [-0.1, -0.05) is 30.3 Å². The maximum atomic E-state index is 11.8. The maximum Gasteiger partial charge on any atom is 0.343 e. The highest BCUT2D eigenvalue weighted by molar-refractivity contribution is 5.91. The molecule has 0 heterocycles. The third kappa shape index (κ3) is 3.58. The largest absolute Gasteiger partial charge is 0.423 e. The molecule has 0 atom stereocenters. The quantitative estimate of drug-likeness (QED) is 0.684. The summed E-state index contributed by atoms with van der Waals surface area (Å²) in [5.74, 6) is 0.181. The number of esters is 1. The number of rotatable bonds is 3. The second-order valence-corrected chi connectivity index (χ2v) is 3.60. The number of carbonyl (C=O) groups excluding carboxylic acids is 1. The summed E-state index contributed by atoms with van der Waals surface area (Å²) >= 11 is 0. The molecule has 4 heteroatoms. The Morgan fingerprint density at radius 2 is 1.61 bits per heavy atom. The van der Waals surface area contributed by atoms with Gasteiger partial charge in [-0.3, -0.25) is 0 Å². The SMILES string of the molecule is Cl.NCc1ccc(C(=O)Oc2ccccc2)cc1. The van der Waals surface area contributed by atoms with Gasteiger partial charge in [0.15, 0.2) is 0 Å². The Hall–Kier alpha value is -1.84. The van der Waals surface area contributed by atoms with Crippen LogP contribution in [0.25, 0.3) is 0 Å². The molecule has 0 aliphatic rings. The summed E-state index contributed by atoms with van der Waals surface area (Å²) in [6.45, 7) is 0.466. The van der Waals surface area contributed by atoms with Gasteiger partial charge in [-0.15, -0.1) is 12.4 Å². The van der Waals surface area contributed by atoms with E-state index in [-0.39, 0.29) is 18.4 Å². The molecule has 94 valence electrons. The summed E-state index contributed by atoms with van der Waals surface area (Å²) < 4.78 is 5.20. The average molecular weight is 264 g/mol.